The summed E-state index contributed by atoms with van der Waals surface area (Å²) in [6.07, 6.45) is 3.37. The van der Waals surface area contributed by atoms with Gasteiger partial charge in [0.1, 0.15) is 12.7 Å². The van der Waals surface area contributed by atoms with Crippen molar-refractivity contribution in [3.8, 4) is 11.5 Å². The molecule has 2 aliphatic rings. The Morgan fingerprint density at radius 2 is 1.79 bits per heavy atom. The largest absolute Gasteiger partial charge is 0.486 e. The van der Waals surface area contributed by atoms with Crippen LogP contribution < -0.4 is 9.47 Å². The quantitative estimate of drug-likeness (QED) is 0.698. The van der Waals surface area contributed by atoms with E-state index in [4.69, 9.17) is 14.2 Å². The first kappa shape index (κ1) is 19.5. The molecule has 1 fully saturated rings. The van der Waals surface area contributed by atoms with Gasteiger partial charge in [-0.3, -0.25) is 4.79 Å². The van der Waals surface area contributed by atoms with Crippen molar-refractivity contribution in [2.24, 2.45) is 0 Å². The van der Waals surface area contributed by atoms with Crippen molar-refractivity contribution in [1.29, 1.82) is 0 Å². The van der Waals surface area contributed by atoms with E-state index in [0.717, 1.165) is 24.2 Å². The molecule has 1 amide bonds. The maximum absolute atomic E-state index is 12.9. The summed E-state index contributed by atoms with van der Waals surface area (Å²) in [5.74, 6) is 1.54. The highest BCUT2D eigenvalue weighted by molar-refractivity contribution is 5.77. The molecule has 0 N–H and O–H groups in total. The molecule has 4 rings (SSSR count). The molecular formula is C24H27NO4. The Morgan fingerprint density at radius 1 is 1.10 bits per heavy atom. The van der Waals surface area contributed by atoms with Gasteiger partial charge in [0.05, 0.1) is 18.6 Å². The van der Waals surface area contributed by atoms with Gasteiger partial charge in [-0.2, -0.15) is 0 Å². The summed E-state index contributed by atoms with van der Waals surface area (Å²) in [7, 11) is 0. The maximum Gasteiger partial charge on any atom is 0.226 e. The molecule has 2 aromatic carbocycles. The average molecular weight is 393 g/mol. The van der Waals surface area contributed by atoms with Crippen LogP contribution in [-0.4, -0.2) is 43.2 Å². The fourth-order valence-electron chi connectivity index (χ4n) is 4.08. The molecule has 29 heavy (non-hydrogen) atoms. The van der Waals surface area contributed by atoms with Gasteiger partial charge in [-0.05, 0) is 30.5 Å². The fourth-order valence-corrected chi connectivity index (χ4v) is 4.08. The number of para-hydroxylation sites is 2. The lowest BCUT2D eigenvalue weighted by molar-refractivity contribution is -0.140. The highest BCUT2D eigenvalue weighted by atomic mass is 16.6. The van der Waals surface area contributed by atoms with E-state index in [1.54, 1.807) is 6.08 Å². The minimum absolute atomic E-state index is 0.100. The van der Waals surface area contributed by atoms with Gasteiger partial charge in [0.25, 0.3) is 0 Å². The van der Waals surface area contributed by atoms with Crippen molar-refractivity contribution in [1.82, 2.24) is 4.90 Å². The molecule has 2 aliphatic heterocycles. The summed E-state index contributed by atoms with van der Waals surface area (Å²) < 4.78 is 17.9. The van der Waals surface area contributed by atoms with E-state index >= 15 is 0 Å². The molecule has 1 saturated heterocycles. The van der Waals surface area contributed by atoms with Gasteiger partial charge in [0.15, 0.2) is 11.5 Å². The molecule has 2 heterocycles. The van der Waals surface area contributed by atoms with Gasteiger partial charge in [-0.25, -0.2) is 0 Å². The second-order valence-electron chi connectivity index (χ2n) is 7.54. The topological polar surface area (TPSA) is 48.0 Å². The summed E-state index contributed by atoms with van der Waals surface area (Å²) in [5, 5.41) is 0. The van der Waals surface area contributed by atoms with Crippen LogP contribution in [0.25, 0.3) is 0 Å². The molecular weight excluding hydrogens is 366 g/mol. The summed E-state index contributed by atoms with van der Waals surface area (Å²) in [5.41, 5.74) is 0.796. The van der Waals surface area contributed by atoms with Gasteiger partial charge in [0, 0.05) is 13.1 Å². The number of carbonyl (C=O) groups is 1. The predicted octanol–water partition coefficient (Wildman–Crippen LogP) is 3.94. The van der Waals surface area contributed by atoms with Gasteiger partial charge in [0.2, 0.25) is 5.91 Å². The highest BCUT2D eigenvalue weighted by Crippen LogP contribution is 2.37. The van der Waals surface area contributed by atoms with Crippen LogP contribution >= 0.6 is 0 Å². The smallest absolute Gasteiger partial charge is 0.226 e. The number of hydrogen-bond donors (Lipinski definition) is 0. The number of piperidine rings is 1. The van der Waals surface area contributed by atoms with E-state index in [0.29, 0.717) is 38.5 Å². The molecule has 0 saturated carbocycles. The molecule has 0 spiro atoms. The van der Waals surface area contributed by atoms with E-state index in [9.17, 15) is 4.79 Å². The zero-order valence-electron chi connectivity index (χ0n) is 16.6. The van der Waals surface area contributed by atoms with Crippen LogP contribution in [-0.2, 0) is 15.1 Å². The monoisotopic (exact) mass is 393 g/mol. The van der Waals surface area contributed by atoms with E-state index < -0.39 is 0 Å². The predicted molar refractivity (Wildman–Crippen MR) is 111 cm³/mol. The maximum atomic E-state index is 12.9. The number of nitrogens with zero attached hydrogens (tertiary/aromatic N) is 1. The Morgan fingerprint density at radius 3 is 2.52 bits per heavy atom. The van der Waals surface area contributed by atoms with Crippen molar-refractivity contribution >= 4 is 5.91 Å². The highest BCUT2D eigenvalue weighted by Gasteiger charge is 2.38. The second-order valence-corrected chi connectivity index (χ2v) is 7.54. The molecule has 2 aromatic rings. The minimum atomic E-state index is -0.365. The zero-order valence-corrected chi connectivity index (χ0v) is 16.6. The average Bonchev–Trinajstić information content (AvgIpc) is 2.78. The third-order valence-electron chi connectivity index (χ3n) is 5.67. The Bertz CT molecular complexity index is 843. The zero-order chi connectivity index (χ0) is 20.1. The van der Waals surface area contributed by atoms with Crippen LogP contribution in [0, 0.1) is 0 Å². The van der Waals surface area contributed by atoms with Crippen LogP contribution in [0.4, 0.5) is 0 Å². The lowest BCUT2D eigenvalue weighted by Crippen LogP contribution is -2.48. The lowest BCUT2D eigenvalue weighted by Gasteiger charge is -2.42. The van der Waals surface area contributed by atoms with Gasteiger partial charge in [-0.15, -0.1) is 6.58 Å². The number of carbonyl (C=O) groups excluding carboxylic acids is 1. The first-order valence-electron chi connectivity index (χ1n) is 10.2. The Balaban J connectivity index is 1.37. The summed E-state index contributed by atoms with van der Waals surface area (Å²) in [6, 6.07) is 17.8. The standard InChI is InChI=1S/C24H27NO4/c1-2-16-28-24(19-8-4-3-5-9-19)12-14-25(15-13-24)23(26)17-20-18-27-21-10-6-7-11-22(21)29-20/h2-11,20H,1,12-18H2. The van der Waals surface area contributed by atoms with Gasteiger partial charge < -0.3 is 19.1 Å². The number of benzene rings is 2. The van der Waals surface area contributed by atoms with Crippen LogP contribution in [0.3, 0.4) is 0 Å². The number of fused-ring (bicyclic) bond motifs is 1. The number of rotatable bonds is 6. The van der Waals surface area contributed by atoms with Crippen LogP contribution in [0.15, 0.2) is 67.3 Å². The summed E-state index contributed by atoms with van der Waals surface area (Å²) in [4.78, 5) is 14.8. The first-order chi connectivity index (χ1) is 14.2. The Hall–Kier alpha value is -2.79. The van der Waals surface area contributed by atoms with E-state index in [2.05, 4.69) is 18.7 Å². The normalized spacial score (nSPS) is 20.1. The van der Waals surface area contributed by atoms with Crippen LogP contribution in [0.1, 0.15) is 24.8 Å². The summed E-state index contributed by atoms with van der Waals surface area (Å²) >= 11 is 0. The van der Waals surface area contributed by atoms with E-state index in [-0.39, 0.29) is 17.6 Å². The third-order valence-corrected chi connectivity index (χ3v) is 5.67. The molecule has 5 nitrogen and oxygen atoms in total. The Kier molecular flexibility index (Phi) is 5.86. The minimum Gasteiger partial charge on any atom is -0.486 e. The number of hydrogen-bond acceptors (Lipinski definition) is 4. The van der Waals surface area contributed by atoms with Crippen LogP contribution in [0.2, 0.25) is 0 Å². The van der Waals surface area contributed by atoms with Gasteiger partial charge >= 0.3 is 0 Å². The molecule has 1 atom stereocenters. The first-order valence-corrected chi connectivity index (χ1v) is 10.2. The van der Waals surface area contributed by atoms with Crippen molar-refractivity contribution in [2.75, 3.05) is 26.3 Å². The second kappa shape index (κ2) is 8.70. The van der Waals surface area contributed by atoms with E-state index in [1.165, 1.54) is 0 Å². The Labute approximate surface area is 171 Å². The van der Waals surface area contributed by atoms with E-state index in [1.807, 2.05) is 47.4 Å². The molecule has 5 heteroatoms. The molecule has 1 unspecified atom stereocenters. The number of likely N-dealkylation sites (tertiary alicyclic amines) is 1. The number of ether oxygens (including phenoxy) is 3. The molecule has 0 bridgehead atoms. The SMILES string of the molecule is C=CCOC1(c2ccccc2)CCN(C(=O)CC2COc3ccccc3O2)CC1. The molecule has 0 aliphatic carbocycles. The fraction of sp³-hybridized carbons (Fsp3) is 0.375. The molecule has 0 aromatic heterocycles. The van der Waals surface area contributed by atoms with Crippen LogP contribution in [0.5, 0.6) is 11.5 Å². The van der Waals surface area contributed by atoms with Crippen molar-refractivity contribution < 1.29 is 19.0 Å². The van der Waals surface area contributed by atoms with Gasteiger partial charge in [-0.1, -0.05) is 48.5 Å². The van der Waals surface area contributed by atoms with Crippen molar-refractivity contribution in [3.63, 3.8) is 0 Å². The molecule has 0 radical (unpaired) electrons. The third kappa shape index (κ3) is 4.30. The van der Waals surface area contributed by atoms with Crippen molar-refractivity contribution in [3.05, 3.63) is 72.8 Å². The summed E-state index contributed by atoms with van der Waals surface area (Å²) in [6.45, 7) is 5.99. The molecule has 152 valence electrons. The number of amides is 1. The lowest BCUT2D eigenvalue weighted by atomic mass is 9.84. The van der Waals surface area contributed by atoms with Crippen molar-refractivity contribution in [2.45, 2.75) is 31.0 Å².